The number of fused-ring (bicyclic) bond motifs is 1. The quantitative estimate of drug-likeness (QED) is 0.847. The third-order valence-corrected chi connectivity index (χ3v) is 5.29. The van der Waals surface area contributed by atoms with Gasteiger partial charge in [-0.1, -0.05) is 6.42 Å². The maximum absolute atomic E-state index is 12.5. The van der Waals surface area contributed by atoms with Gasteiger partial charge in [-0.05, 0) is 49.9 Å². The van der Waals surface area contributed by atoms with E-state index in [1.165, 1.54) is 19.3 Å². The number of aliphatic carboxylic acids is 1. The Bertz CT molecular complexity index is 372. The first-order valence-electron chi connectivity index (χ1n) is 7.67. The van der Waals surface area contributed by atoms with Gasteiger partial charge in [0.05, 0.1) is 0 Å². The van der Waals surface area contributed by atoms with Crippen LogP contribution in [0.2, 0.25) is 0 Å². The number of rotatable bonds is 4. The Hall–Kier alpha value is -1.06. The van der Waals surface area contributed by atoms with Gasteiger partial charge in [0.2, 0.25) is 5.91 Å². The number of likely N-dealkylation sites (tertiary alicyclic amines) is 1. The fraction of sp³-hybridized carbons (Fsp3) is 0.867. The van der Waals surface area contributed by atoms with Crippen molar-refractivity contribution in [3.8, 4) is 0 Å². The molecule has 0 spiro atoms. The topological polar surface area (TPSA) is 57.6 Å². The summed E-state index contributed by atoms with van der Waals surface area (Å²) in [5.41, 5.74) is 0. The van der Waals surface area contributed by atoms with E-state index in [-0.39, 0.29) is 6.42 Å². The fourth-order valence-corrected chi connectivity index (χ4v) is 4.23. The summed E-state index contributed by atoms with van der Waals surface area (Å²) in [5, 5.41) is 8.75. The summed E-state index contributed by atoms with van der Waals surface area (Å²) < 4.78 is 0. The molecule has 0 aromatic heterocycles. The molecular weight excluding hydrogens is 242 g/mol. The zero-order valence-electron chi connectivity index (χ0n) is 11.4. The van der Waals surface area contributed by atoms with Gasteiger partial charge in [-0.2, -0.15) is 0 Å². The number of carboxylic acids is 1. The van der Waals surface area contributed by atoms with Gasteiger partial charge in [-0.25, -0.2) is 0 Å². The molecule has 2 saturated carbocycles. The zero-order chi connectivity index (χ0) is 13.4. The van der Waals surface area contributed by atoms with Gasteiger partial charge in [0.25, 0.3) is 0 Å². The largest absolute Gasteiger partial charge is 0.481 e. The number of amides is 1. The highest BCUT2D eigenvalue weighted by Crippen LogP contribution is 2.58. The van der Waals surface area contributed by atoms with Gasteiger partial charge in [-0.3, -0.25) is 9.59 Å². The van der Waals surface area contributed by atoms with Gasteiger partial charge in [0.1, 0.15) is 0 Å². The first kappa shape index (κ1) is 12.9. The second kappa shape index (κ2) is 5.14. The van der Waals surface area contributed by atoms with Gasteiger partial charge >= 0.3 is 5.97 Å². The molecule has 1 amide bonds. The van der Waals surface area contributed by atoms with Crippen molar-refractivity contribution in [2.45, 2.75) is 44.9 Å². The van der Waals surface area contributed by atoms with E-state index in [0.29, 0.717) is 29.6 Å². The first-order valence-corrected chi connectivity index (χ1v) is 7.67. The lowest BCUT2D eigenvalue weighted by Crippen LogP contribution is -2.41. The number of hydrogen-bond donors (Lipinski definition) is 1. The molecule has 19 heavy (non-hydrogen) atoms. The molecule has 1 N–H and O–H groups in total. The van der Waals surface area contributed by atoms with Crippen molar-refractivity contribution in [3.05, 3.63) is 0 Å². The van der Waals surface area contributed by atoms with E-state index >= 15 is 0 Å². The maximum atomic E-state index is 12.5. The molecule has 2 aliphatic carbocycles. The molecule has 4 nitrogen and oxygen atoms in total. The molecule has 0 radical (unpaired) electrons. The molecule has 4 heteroatoms. The minimum atomic E-state index is -0.722. The van der Waals surface area contributed by atoms with Crippen molar-refractivity contribution in [2.75, 3.05) is 13.1 Å². The normalized spacial score (nSPS) is 36.9. The van der Waals surface area contributed by atoms with E-state index in [1.807, 2.05) is 4.90 Å². The van der Waals surface area contributed by atoms with Crippen LogP contribution in [-0.4, -0.2) is 35.0 Å². The summed E-state index contributed by atoms with van der Waals surface area (Å²) in [6, 6.07) is 0. The highest BCUT2D eigenvalue weighted by Gasteiger charge is 2.57. The van der Waals surface area contributed by atoms with Crippen LogP contribution < -0.4 is 0 Å². The predicted octanol–water partition coefficient (Wildman–Crippen LogP) is 2.14. The van der Waals surface area contributed by atoms with Crippen molar-refractivity contribution in [1.82, 2.24) is 4.90 Å². The minimum absolute atomic E-state index is 0.237. The van der Waals surface area contributed by atoms with Crippen LogP contribution >= 0.6 is 0 Å². The van der Waals surface area contributed by atoms with Crippen LogP contribution in [0.25, 0.3) is 0 Å². The van der Waals surface area contributed by atoms with Crippen LogP contribution in [0.1, 0.15) is 44.9 Å². The van der Waals surface area contributed by atoms with Crippen LogP contribution in [-0.2, 0) is 9.59 Å². The Morgan fingerprint density at radius 3 is 2.53 bits per heavy atom. The van der Waals surface area contributed by atoms with Crippen LogP contribution in [0.4, 0.5) is 0 Å². The molecular formula is C15H23NO3. The number of carboxylic acid groups (broad SMARTS) is 1. The SMILES string of the molecule is O=C(O)CC[C@H]1CCCN(C(=O)C2[C@H]3CCC[C@@H]23)C1. The van der Waals surface area contributed by atoms with Crippen molar-refractivity contribution in [2.24, 2.45) is 23.7 Å². The van der Waals surface area contributed by atoms with Gasteiger partial charge in [0, 0.05) is 25.4 Å². The highest BCUT2D eigenvalue weighted by atomic mass is 16.4. The third kappa shape index (κ3) is 2.63. The van der Waals surface area contributed by atoms with Crippen molar-refractivity contribution < 1.29 is 14.7 Å². The molecule has 0 aromatic rings. The summed E-state index contributed by atoms with van der Waals surface area (Å²) >= 11 is 0. The lowest BCUT2D eigenvalue weighted by Gasteiger charge is -2.33. The van der Waals surface area contributed by atoms with Crippen molar-refractivity contribution in [3.63, 3.8) is 0 Å². The lowest BCUT2D eigenvalue weighted by molar-refractivity contribution is -0.137. The zero-order valence-corrected chi connectivity index (χ0v) is 11.4. The number of carbonyl (C=O) groups is 2. The second-order valence-corrected chi connectivity index (χ2v) is 6.51. The third-order valence-electron chi connectivity index (χ3n) is 5.29. The summed E-state index contributed by atoms with van der Waals surface area (Å²) in [4.78, 5) is 25.1. The number of nitrogens with zero attached hydrogens (tertiary/aromatic N) is 1. The van der Waals surface area contributed by atoms with Crippen LogP contribution in [0.15, 0.2) is 0 Å². The molecule has 106 valence electrons. The smallest absolute Gasteiger partial charge is 0.303 e. The molecule has 1 aliphatic heterocycles. The number of piperidine rings is 1. The monoisotopic (exact) mass is 265 g/mol. The molecule has 3 fully saturated rings. The van der Waals surface area contributed by atoms with Crippen LogP contribution in [0.5, 0.6) is 0 Å². The van der Waals surface area contributed by atoms with E-state index < -0.39 is 5.97 Å². The Morgan fingerprint density at radius 2 is 1.84 bits per heavy atom. The minimum Gasteiger partial charge on any atom is -0.481 e. The summed E-state index contributed by atoms with van der Waals surface area (Å²) in [6.07, 6.45) is 6.87. The highest BCUT2D eigenvalue weighted by molar-refractivity contribution is 5.82. The molecule has 0 bridgehead atoms. The maximum Gasteiger partial charge on any atom is 0.303 e. The van der Waals surface area contributed by atoms with Crippen LogP contribution in [0.3, 0.4) is 0 Å². The van der Waals surface area contributed by atoms with E-state index in [4.69, 9.17) is 5.11 Å². The van der Waals surface area contributed by atoms with E-state index in [9.17, 15) is 9.59 Å². The molecule has 3 aliphatic rings. The fourth-order valence-electron chi connectivity index (χ4n) is 4.23. The lowest BCUT2D eigenvalue weighted by atomic mass is 9.93. The van der Waals surface area contributed by atoms with Crippen molar-refractivity contribution >= 4 is 11.9 Å². The Morgan fingerprint density at radius 1 is 1.11 bits per heavy atom. The average Bonchev–Trinajstić information content (AvgIpc) is 2.88. The van der Waals surface area contributed by atoms with Gasteiger partial charge in [0.15, 0.2) is 0 Å². The van der Waals surface area contributed by atoms with E-state index in [0.717, 1.165) is 32.4 Å². The molecule has 1 saturated heterocycles. The van der Waals surface area contributed by atoms with E-state index in [2.05, 4.69) is 0 Å². The second-order valence-electron chi connectivity index (χ2n) is 6.51. The summed E-state index contributed by atoms with van der Waals surface area (Å²) in [6.45, 7) is 1.68. The molecule has 1 unspecified atom stereocenters. The molecule has 0 aromatic carbocycles. The number of carbonyl (C=O) groups excluding carboxylic acids is 1. The Balaban J connectivity index is 1.50. The predicted molar refractivity (Wildman–Crippen MR) is 70.5 cm³/mol. The van der Waals surface area contributed by atoms with Gasteiger partial charge < -0.3 is 10.0 Å². The average molecular weight is 265 g/mol. The van der Waals surface area contributed by atoms with Crippen LogP contribution in [0, 0.1) is 23.7 Å². The first-order chi connectivity index (χ1) is 9.16. The summed E-state index contributed by atoms with van der Waals surface area (Å²) in [7, 11) is 0. The number of hydrogen-bond acceptors (Lipinski definition) is 2. The van der Waals surface area contributed by atoms with Gasteiger partial charge in [-0.15, -0.1) is 0 Å². The molecule has 3 rings (SSSR count). The Labute approximate surface area is 114 Å². The molecule has 4 atom stereocenters. The van der Waals surface area contributed by atoms with Crippen molar-refractivity contribution in [1.29, 1.82) is 0 Å². The Kier molecular flexibility index (Phi) is 3.50. The molecule has 1 heterocycles. The standard InChI is InChI=1S/C15H23NO3/c17-13(18)7-6-10-3-2-8-16(9-10)15(19)14-11-4-1-5-12(11)14/h10-12,14H,1-9H2,(H,17,18)/t10-,11-,12+,14?/m1/s1. The summed E-state index contributed by atoms with van der Waals surface area (Å²) in [5.74, 6) is 1.74. The van der Waals surface area contributed by atoms with E-state index in [1.54, 1.807) is 0 Å².